The summed E-state index contributed by atoms with van der Waals surface area (Å²) in [5.74, 6) is 1.23. The van der Waals surface area contributed by atoms with Crippen molar-refractivity contribution in [3.05, 3.63) is 18.2 Å². The van der Waals surface area contributed by atoms with Crippen LogP contribution in [0.4, 0.5) is 5.69 Å². The number of ether oxygens (including phenoxy) is 2. The first-order valence-corrected chi connectivity index (χ1v) is 7.59. The quantitative estimate of drug-likeness (QED) is 0.769. The second-order valence-corrected chi connectivity index (χ2v) is 5.47. The Kier molecular flexibility index (Phi) is 6.97. The summed E-state index contributed by atoms with van der Waals surface area (Å²) in [4.78, 5) is 12.0. The number of anilines is 1. The van der Waals surface area contributed by atoms with Crippen molar-refractivity contribution in [1.82, 2.24) is 0 Å². The molecule has 1 aromatic rings. The summed E-state index contributed by atoms with van der Waals surface area (Å²) < 4.78 is 11.4. The van der Waals surface area contributed by atoms with Gasteiger partial charge >= 0.3 is 0 Å². The van der Waals surface area contributed by atoms with Gasteiger partial charge in [0.25, 0.3) is 0 Å². The number of rotatable bonds is 8. The minimum absolute atomic E-state index is 0. The van der Waals surface area contributed by atoms with Gasteiger partial charge in [0, 0.05) is 11.8 Å². The first kappa shape index (κ1) is 18.6. The number of nitrogens with one attached hydrogen (secondary N) is 1. The number of hydrogen-bond acceptors (Lipinski definition) is 4. The van der Waals surface area contributed by atoms with Crippen LogP contribution in [0.1, 0.15) is 39.5 Å². The minimum atomic E-state index is -0.679. The maximum atomic E-state index is 12.0. The molecule has 0 saturated heterocycles. The van der Waals surface area contributed by atoms with Crippen molar-refractivity contribution >= 4 is 24.0 Å². The Morgan fingerprint density at radius 2 is 1.77 bits per heavy atom. The molecule has 1 aliphatic carbocycles. The number of carbonyl (C=O) groups is 1. The van der Waals surface area contributed by atoms with Crippen LogP contribution in [-0.4, -0.2) is 24.7 Å². The van der Waals surface area contributed by atoms with Crippen LogP contribution in [0, 0.1) is 0 Å². The van der Waals surface area contributed by atoms with Crippen molar-refractivity contribution in [2.45, 2.75) is 45.1 Å². The highest BCUT2D eigenvalue weighted by atomic mass is 35.5. The van der Waals surface area contributed by atoms with Gasteiger partial charge in [-0.2, -0.15) is 0 Å². The topological polar surface area (TPSA) is 73.6 Å². The van der Waals surface area contributed by atoms with E-state index in [0.717, 1.165) is 25.7 Å². The fourth-order valence-electron chi connectivity index (χ4n) is 1.86. The number of amides is 1. The second-order valence-electron chi connectivity index (χ2n) is 5.47. The van der Waals surface area contributed by atoms with E-state index in [0.29, 0.717) is 30.4 Å². The Balaban J connectivity index is 0.00000242. The summed E-state index contributed by atoms with van der Waals surface area (Å²) in [6.45, 7) is 5.35. The molecule has 1 aromatic carbocycles. The molecular weight excluding hydrogens is 304 g/mol. The van der Waals surface area contributed by atoms with E-state index in [4.69, 9.17) is 15.2 Å². The molecule has 0 aliphatic heterocycles. The van der Waals surface area contributed by atoms with Crippen molar-refractivity contribution in [3.8, 4) is 11.5 Å². The molecule has 1 fully saturated rings. The third-order valence-corrected chi connectivity index (χ3v) is 3.37. The van der Waals surface area contributed by atoms with E-state index < -0.39 is 5.54 Å². The molecular formula is C16H25ClN2O3. The summed E-state index contributed by atoms with van der Waals surface area (Å²) >= 11 is 0. The van der Waals surface area contributed by atoms with Crippen LogP contribution in [0.3, 0.4) is 0 Å². The molecule has 1 saturated carbocycles. The molecule has 0 aromatic heterocycles. The standard InChI is InChI=1S/C16H24N2O3.ClH/c1-3-9-20-13-6-5-12(11-14(13)21-10-4-2)18-15(19)16(17)7-8-16;/h5-6,11H,3-4,7-10,17H2,1-2H3,(H,18,19);1H. The van der Waals surface area contributed by atoms with Crippen LogP contribution in [0.25, 0.3) is 0 Å². The van der Waals surface area contributed by atoms with Crippen molar-refractivity contribution in [2.75, 3.05) is 18.5 Å². The summed E-state index contributed by atoms with van der Waals surface area (Å²) in [5, 5.41) is 2.85. The van der Waals surface area contributed by atoms with Crippen LogP contribution in [0.5, 0.6) is 11.5 Å². The van der Waals surface area contributed by atoms with Crippen LogP contribution >= 0.6 is 12.4 Å². The van der Waals surface area contributed by atoms with Gasteiger partial charge in [0.2, 0.25) is 5.91 Å². The highest BCUT2D eigenvalue weighted by Gasteiger charge is 2.45. The van der Waals surface area contributed by atoms with E-state index >= 15 is 0 Å². The van der Waals surface area contributed by atoms with Crippen molar-refractivity contribution in [3.63, 3.8) is 0 Å². The lowest BCUT2D eigenvalue weighted by molar-refractivity contribution is -0.118. The molecule has 5 nitrogen and oxygen atoms in total. The summed E-state index contributed by atoms with van der Waals surface area (Å²) in [6.07, 6.45) is 3.34. The Hall–Kier alpha value is -1.46. The second kappa shape index (κ2) is 8.25. The molecule has 0 radical (unpaired) electrons. The van der Waals surface area contributed by atoms with Crippen molar-refractivity contribution in [2.24, 2.45) is 5.73 Å². The fourth-order valence-corrected chi connectivity index (χ4v) is 1.86. The Morgan fingerprint density at radius 1 is 1.18 bits per heavy atom. The molecule has 1 amide bonds. The van der Waals surface area contributed by atoms with E-state index in [9.17, 15) is 4.79 Å². The van der Waals surface area contributed by atoms with Gasteiger partial charge in [-0.25, -0.2) is 0 Å². The molecule has 2 rings (SSSR count). The summed E-state index contributed by atoms with van der Waals surface area (Å²) in [6, 6.07) is 5.43. The predicted octanol–water partition coefficient (Wildman–Crippen LogP) is 3.12. The van der Waals surface area contributed by atoms with Crippen LogP contribution < -0.4 is 20.5 Å². The van der Waals surface area contributed by atoms with Gasteiger partial charge in [0.05, 0.1) is 18.8 Å². The van der Waals surface area contributed by atoms with Gasteiger partial charge in [-0.1, -0.05) is 13.8 Å². The highest BCUT2D eigenvalue weighted by molar-refractivity contribution is 6.00. The number of nitrogens with two attached hydrogens (primary N) is 1. The third kappa shape index (κ3) is 4.78. The highest BCUT2D eigenvalue weighted by Crippen LogP contribution is 2.35. The van der Waals surface area contributed by atoms with E-state index in [2.05, 4.69) is 12.2 Å². The van der Waals surface area contributed by atoms with E-state index in [1.807, 2.05) is 19.1 Å². The summed E-state index contributed by atoms with van der Waals surface area (Å²) in [5.41, 5.74) is 5.89. The van der Waals surface area contributed by atoms with Gasteiger partial charge in [-0.15, -0.1) is 12.4 Å². The maximum absolute atomic E-state index is 12.0. The zero-order chi connectivity index (χ0) is 15.3. The molecule has 0 atom stereocenters. The lowest BCUT2D eigenvalue weighted by Gasteiger charge is -2.15. The number of benzene rings is 1. The monoisotopic (exact) mass is 328 g/mol. The SMILES string of the molecule is CCCOc1ccc(NC(=O)C2(N)CC2)cc1OCCC.Cl. The first-order valence-electron chi connectivity index (χ1n) is 7.59. The van der Waals surface area contributed by atoms with Gasteiger partial charge in [0.1, 0.15) is 0 Å². The van der Waals surface area contributed by atoms with Gasteiger partial charge < -0.3 is 20.5 Å². The molecule has 0 unspecified atom stereocenters. The van der Waals surface area contributed by atoms with Gasteiger partial charge in [-0.3, -0.25) is 4.79 Å². The molecule has 1 aliphatic rings. The average Bonchev–Trinajstić information content (AvgIpc) is 3.23. The molecule has 124 valence electrons. The normalized spacial score (nSPS) is 14.7. The minimum Gasteiger partial charge on any atom is -0.490 e. The Morgan fingerprint density at radius 3 is 2.32 bits per heavy atom. The van der Waals surface area contributed by atoms with Crippen LogP contribution in [0.2, 0.25) is 0 Å². The lowest BCUT2D eigenvalue weighted by atomic mass is 10.2. The van der Waals surface area contributed by atoms with E-state index in [1.54, 1.807) is 6.07 Å². The zero-order valence-electron chi connectivity index (χ0n) is 13.2. The zero-order valence-corrected chi connectivity index (χ0v) is 14.0. The molecule has 3 N–H and O–H groups in total. The average molecular weight is 329 g/mol. The number of halogens is 1. The van der Waals surface area contributed by atoms with E-state index in [-0.39, 0.29) is 18.3 Å². The van der Waals surface area contributed by atoms with E-state index in [1.165, 1.54) is 0 Å². The molecule has 22 heavy (non-hydrogen) atoms. The Bertz CT molecular complexity index is 504. The van der Waals surface area contributed by atoms with Crippen molar-refractivity contribution in [1.29, 1.82) is 0 Å². The Labute approximate surface area is 138 Å². The van der Waals surface area contributed by atoms with Gasteiger partial charge in [-0.05, 0) is 37.8 Å². The number of carbonyl (C=O) groups excluding carboxylic acids is 1. The predicted molar refractivity (Wildman–Crippen MR) is 90.0 cm³/mol. The first-order chi connectivity index (χ1) is 10.1. The van der Waals surface area contributed by atoms with Gasteiger partial charge in [0.15, 0.2) is 11.5 Å². The summed E-state index contributed by atoms with van der Waals surface area (Å²) in [7, 11) is 0. The smallest absolute Gasteiger partial charge is 0.244 e. The third-order valence-electron chi connectivity index (χ3n) is 3.37. The molecule has 0 spiro atoms. The lowest BCUT2D eigenvalue weighted by Crippen LogP contribution is -2.37. The van der Waals surface area contributed by atoms with Crippen LogP contribution in [-0.2, 0) is 4.79 Å². The molecule has 0 bridgehead atoms. The molecule has 6 heteroatoms. The fraction of sp³-hybridized carbons (Fsp3) is 0.562. The maximum Gasteiger partial charge on any atom is 0.244 e. The number of hydrogen-bond donors (Lipinski definition) is 2. The van der Waals surface area contributed by atoms with Crippen LogP contribution in [0.15, 0.2) is 18.2 Å². The largest absolute Gasteiger partial charge is 0.490 e. The van der Waals surface area contributed by atoms with Crippen molar-refractivity contribution < 1.29 is 14.3 Å². The molecule has 0 heterocycles.